The van der Waals surface area contributed by atoms with Crippen molar-refractivity contribution < 1.29 is 14.4 Å². The van der Waals surface area contributed by atoms with E-state index in [2.05, 4.69) is 0 Å². The third-order valence-electron chi connectivity index (χ3n) is 2.49. The highest BCUT2D eigenvalue weighted by Crippen LogP contribution is 2.07. The molecule has 0 aromatic heterocycles. The van der Waals surface area contributed by atoms with E-state index in [9.17, 15) is 14.4 Å². The van der Waals surface area contributed by atoms with Gasteiger partial charge in [-0.15, -0.1) is 0 Å². The fourth-order valence-electron chi connectivity index (χ4n) is 1.49. The van der Waals surface area contributed by atoms with E-state index >= 15 is 0 Å². The largest absolute Gasteiger partial charge is 0.300 e. The molecule has 0 atom stereocenters. The fourth-order valence-corrected chi connectivity index (χ4v) is 1.49. The molecule has 0 aromatic rings. The topological polar surface area (TPSA) is 51.2 Å². The fraction of sp³-hybridized carbons (Fsp3) is 0.769. The first-order valence-corrected chi connectivity index (χ1v) is 6.03. The summed E-state index contributed by atoms with van der Waals surface area (Å²) in [5.74, 6) is 0.495. The Balaban J connectivity index is 3.27. The van der Waals surface area contributed by atoms with E-state index in [1.54, 1.807) is 6.92 Å². The normalized spacial score (nSPS) is 10.1. The van der Waals surface area contributed by atoms with E-state index < -0.39 is 0 Å². The Morgan fingerprint density at radius 2 is 1.12 bits per heavy atom. The van der Waals surface area contributed by atoms with Crippen LogP contribution in [-0.4, -0.2) is 17.3 Å². The third-order valence-corrected chi connectivity index (χ3v) is 2.49. The Bertz CT molecular complexity index is 244. The maximum absolute atomic E-state index is 11.3. The van der Waals surface area contributed by atoms with E-state index in [-0.39, 0.29) is 17.3 Å². The van der Waals surface area contributed by atoms with Crippen molar-refractivity contribution in [3.63, 3.8) is 0 Å². The van der Waals surface area contributed by atoms with Crippen molar-refractivity contribution in [2.75, 3.05) is 0 Å². The molecule has 0 heterocycles. The van der Waals surface area contributed by atoms with Gasteiger partial charge in [0.15, 0.2) is 0 Å². The van der Waals surface area contributed by atoms with Gasteiger partial charge in [-0.05, 0) is 26.7 Å². The quantitative estimate of drug-likeness (QED) is 0.538. The first-order chi connectivity index (χ1) is 7.52. The first kappa shape index (κ1) is 15.0. The third kappa shape index (κ3) is 11.1. The van der Waals surface area contributed by atoms with Gasteiger partial charge in [-0.1, -0.05) is 12.8 Å². The van der Waals surface area contributed by atoms with Crippen molar-refractivity contribution in [2.45, 2.75) is 65.2 Å². The molecular weight excluding hydrogens is 204 g/mol. The van der Waals surface area contributed by atoms with Gasteiger partial charge < -0.3 is 9.59 Å². The van der Waals surface area contributed by atoms with Crippen molar-refractivity contribution >= 4 is 17.3 Å². The number of ketones is 3. The second-order valence-electron chi connectivity index (χ2n) is 4.36. The number of hydrogen-bond acceptors (Lipinski definition) is 3. The van der Waals surface area contributed by atoms with Gasteiger partial charge in [-0.25, -0.2) is 0 Å². The predicted octanol–water partition coefficient (Wildman–Crippen LogP) is 2.85. The lowest BCUT2D eigenvalue weighted by atomic mass is 10.0. The summed E-state index contributed by atoms with van der Waals surface area (Å²) < 4.78 is 0. The van der Waals surface area contributed by atoms with E-state index in [4.69, 9.17) is 0 Å². The van der Waals surface area contributed by atoms with Crippen LogP contribution in [0.25, 0.3) is 0 Å². The zero-order chi connectivity index (χ0) is 12.4. The molecule has 0 aliphatic carbocycles. The Morgan fingerprint density at radius 1 is 0.625 bits per heavy atom. The molecule has 92 valence electrons. The van der Waals surface area contributed by atoms with Crippen LogP contribution in [0.1, 0.15) is 65.2 Å². The molecule has 16 heavy (non-hydrogen) atoms. The van der Waals surface area contributed by atoms with Crippen LogP contribution >= 0.6 is 0 Å². The highest BCUT2D eigenvalue weighted by atomic mass is 16.1. The maximum atomic E-state index is 11.3. The molecule has 0 spiro atoms. The van der Waals surface area contributed by atoms with Crippen LogP contribution in [0, 0.1) is 0 Å². The lowest BCUT2D eigenvalue weighted by Gasteiger charge is -2.00. The summed E-state index contributed by atoms with van der Waals surface area (Å²) in [5.41, 5.74) is 0. The van der Waals surface area contributed by atoms with Crippen LogP contribution < -0.4 is 0 Å². The summed E-state index contributed by atoms with van der Waals surface area (Å²) in [6.45, 7) is 3.11. The van der Waals surface area contributed by atoms with Crippen LogP contribution in [0.5, 0.6) is 0 Å². The second kappa shape index (κ2) is 9.25. The minimum absolute atomic E-state index is 0.0785. The number of carbonyl (C=O) groups excluding carboxylic acids is 3. The summed E-state index contributed by atoms with van der Waals surface area (Å²) >= 11 is 0. The highest BCUT2D eigenvalue weighted by molar-refractivity contribution is 5.84. The molecule has 0 rings (SSSR count). The van der Waals surface area contributed by atoms with Gasteiger partial charge >= 0.3 is 0 Å². The van der Waals surface area contributed by atoms with Crippen molar-refractivity contribution in [3.8, 4) is 0 Å². The molecule has 0 unspecified atom stereocenters. The Hall–Kier alpha value is -0.990. The van der Waals surface area contributed by atoms with Gasteiger partial charge in [0.1, 0.15) is 17.3 Å². The zero-order valence-electron chi connectivity index (χ0n) is 10.4. The lowest BCUT2D eigenvalue weighted by molar-refractivity contribution is -0.123. The molecule has 0 aromatic carbocycles. The van der Waals surface area contributed by atoms with Crippen molar-refractivity contribution in [1.82, 2.24) is 0 Å². The van der Waals surface area contributed by atoms with Crippen molar-refractivity contribution in [3.05, 3.63) is 0 Å². The van der Waals surface area contributed by atoms with E-state index in [1.165, 1.54) is 6.92 Å². The van der Waals surface area contributed by atoms with Gasteiger partial charge in [-0.3, -0.25) is 4.79 Å². The molecule has 0 saturated heterocycles. The standard InChI is InChI=1S/C13H22O3/c1-11(14)7-5-3-4-6-8-13(16)10-9-12(2)15/h3-10H2,1-2H3. The van der Waals surface area contributed by atoms with Gasteiger partial charge in [0.05, 0.1) is 0 Å². The number of carbonyl (C=O) groups is 3. The lowest BCUT2D eigenvalue weighted by Crippen LogP contribution is -2.01. The summed E-state index contributed by atoms with van der Waals surface area (Å²) in [4.78, 5) is 32.6. The van der Waals surface area contributed by atoms with Crippen molar-refractivity contribution in [2.24, 2.45) is 0 Å². The molecule has 0 amide bonds. The Kier molecular flexibility index (Phi) is 8.68. The molecule has 0 aliphatic heterocycles. The van der Waals surface area contributed by atoms with Gasteiger partial charge in [0.2, 0.25) is 0 Å². The number of unbranched alkanes of at least 4 members (excludes halogenated alkanes) is 3. The Labute approximate surface area is 97.6 Å². The first-order valence-electron chi connectivity index (χ1n) is 6.03. The monoisotopic (exact) mass is 226 g/mol. The minimum Gasteiger partial charge on any atom is -0.300 e. The van der Waals surface area contributed by atoms with Crippen LogP contribution in [0.2, 0.25) is 0 Å². The summed E-state index contributed by atoms with van der Waals surface area (Å²) in [6, 6.07) is 0. The van der Waals surface area contributed by atoms with E-state index in [0.717, 1.165) is 25.7 Å². The summed E-state index contributed by atoms with van der Waals surface area (Å²) in [5, 5.41) is 0. The zero-order valence-corrected chi connectivity index (χ0v) is 10.4. The number of rotatable bonds is 10. The SMILES string of the molecule is CC(=O)CCCCCCC(=O)CCC(C)=O. The minimum atomic E-state index is 0.0785. The smallest absolute Gasteiger partial charge is 0.133 e. The molecule has 0 fully saturated rings. The molecular formula is C13H22O3. The summed E-state index contributed by atoms with van der Waals surface area (Å²) in [7, 11) is 0. The second-order valence-corrected chi connectivity index (χ2v) is 4.36. The van der Waals surface area contributed by atoms with Gasteiger partial charge in [0, 0.05) is 25.7 Å². The molecule has 0 saturated carbocycles. The van der Waals surface area contributed by atoms with Crippen LogP contribution in [-0.2, 0) is 14.4 Å². The van der Waals surface area contributed by atoms with Crippen LogP contribution in [0.15, 0.2) is 0 Å². The van der Waals surface area contributed by atoms with Gasteiger partial charge in [-0.2, -0.15) is 0 Å². The van der Waals surface area contributed by atoms with Crippen LogP contribution in [0.4, 0.5) is 0 Å². The van der Waals surface area contributed by atoms with Crippen molar-refractivity contribution in [1.29, 1.82) is 0 Å². The highest BCUT2D eigenvalue weighted by Gasteiger charge is 2.03. The molecule has 0 bridgehead atoms. The average Bonchev–Trinajstić information content (AvgIpc) is 2.19. The van der Waals surface area contributed by atoms with Crippen LogP contribution in [0.3, 0.4) is 0 Å². The molecule has 3 nitrogen and oxygen atoms in total. The average molecular weight is 226 g/mol. The summed E-state index contributed by atoms with van der Waals surface area (Å²) in [6.07, 6.45) is 5.82. The molecule has 0 radical (unpaired) electrons. The number of Topliss-reactive ketones (excluding diaryl/α,β-unsaturated/α-hetero) is 3. The van der Waals surface area contributed by atoms with E-state index in [1.807, 2.05) is 0 Å². The number of hydrogen-bond donors (Lipinski definition) is 0. The molecule has 0 N–H and O–H groups in total. The predicted molar refractivity (Wildman–Crippen MR) is 63.3 cm³/mol. The Morgan fingerprint density at radius 3 is 1.62 bits per heavy atom. The van der Waals surface area contributed by atoms with E-state index in [0.29, 0.717) is 25.7 Å². The van der Waals surface area contributed by atoms with Gasteiger partial charge in [0.25, 0.3) is 0 Å². The maximum Gasteiger partial charge on any atom is 0.133 e. The molecule has 0 aliphatic rings. The molecule has 3 heteroatoms.